The molecule has 17 heavy (non-hydrogen) atoms. The molecular formula is C14H30N2O. The van der Waals surface area contributed by atoms with Crippen LogP contribution in [0.5, 0.6) is 0 Å². The van der Waals surface area contributed by atoms with Crippen LogP contribution in [0.1, 0.15) is 40.0 Å². The van der Waals surface area contributed by atoms with E-state index < -0.39 is 0 Å². The Labute approximate surface area is 107 Å². The molecule has 0 aliphatic carbocycles. The van der Waals surface area contributed by atoms with Crippen LogP contribution in [0.2, 0.25) is 0 Å². The van der Waals surface area contributed by atoms with Crippen molar-refractivity contribution in [2.24, 2.45) is 5.92 Å². The Balaban J connectivity index is 2.40. The highest BCUT2D eigenvalue weighted by atomic mass is 16.5. The Kier molecular flexibility index (Phi) is 7.09. The molecule has 1 heterocycles. The Morgan fingerprint density at radius 3 is 2.71 bits per heavy atom. The van der Waals surface area contributed by atoms with Crippen LogP contribution in [0, 0.1) is 5.92 Å². The van der Waals surface area contributed by atoms with Gasteiger partial charge in [0.1, 0.15) is 0 Å². The van der Waals surface area contributed by atoms with Crippen molar-refractivity contribution < 1.29 is 4.74 Å². The van der Waals surface area contributed by atoms with Crippen molar-refractivity contribution in [3.63, 3.8) is 0 Å². The maximum absolute atomic E-state index is 5.39. The monoisotopic (exact) mass is 242 g/mol. The van der Waals surface area contributed by atoms with Gasteiger partial charge >= 0.3 is 0 Å². The molecule has 1 fully saturated rings. The van der Waals surface area contributed by atoms with Crippen molar-refractivity contribution in [3.8, 4) is 0 Å². The molecule has 1 aliphatic heterocycles. The molecule has 2 unspecified atom stereocenters. The first-order valence-corrected chi connectivity index (χ1v) is 7.14. The first-order valence-electron chi connectivity index (χ1n) is 7.14. The summed E-state index contributed by atoms with van der Waals surface area (Å²) in [5.41, 5.74) is 0. The third kappa shape index (κ3) is 4.94. The summed E-state index contributed by atoms with van der Waals surface area (Å²) in [6, 6.07) is 1.32. The summed E-state index contributed by atoms with van der Waals surface area (Å²) in [6.07, 6.45) is 3.98. The van der Waals surface area contributed by atoms with Gasteiger partial charge in [0.05, 0.1) is 6.61 Å². The van der Waals surface area contributed by atoms with Crippen molar-refractivity contribution in [1.29, 1.82) is 0 Å². The summed E-state index contributed by atoms with van der Waals surface area (Å²) in [5, 5.41) is 3.57. The minimum Gasteiger partial charge on any atom is -0.383 e. The van der Waals surface area contributed by atoms with Gasteiger partial charge in [-0.2, -0.15) is 0 Å². The van der Waals surface area contributed by atoms with Crippen molar-refractivity contribution >= 4 is 0 Å². The number of ether oxygens (including phenoxy) is 1. The minimum atomic E-state index is 0.547. The van der Waals surface area contributed by atoms with E-state index in [0.717, 1.165) is 31.7 Å². The van der Waals surface area contributed by atoms with Crippen molar-refractivity contribution in [3.05, 3.63) is 0 Å². The van der Waals surface area contributed by atoms with Crippen LogP contribution < -0.4 is 5.32 Å². The molecule has 0 aromatic carbocycles. The topological polar surface area (TPSA) is 24.5 Å². The molecule has 3 nitrogen and oxygen atoms in total. The van der Waals surface area contributed by atoms with Crippen molar-refractivity contribution in [2.45, 2.75) is 52.1 Å². The highest BCUT2D eigenvalue weighted by Crippen LogP contribution is 2.22. The summed E-state index contributed by atoms with van der Waals surface area (Å²) in [6.45, 7) is 11.1. The van der Waals surface area contributed by atoms with Crippen molar-refractivity contribution in [2.75, 3.05) is 33.4 Å². The molecule has 2 atom stereocenters. The van der Waals surface area contributed by atoms with E-state index in [1.54, 1.807) is 0 Å². The molecule has 1 rings (SSSR count). The van der Waals surface area contributed by atoms with Gasteiger partial charge in [-0.25, -0.2) is 0 Å². The number of nitrogens with zero attached hydrogens (tertiary/aromatic N) is 1. The van der Waals surface area contributed by atoms with E-state index in [-0.39, 0.29) is 0 Å². The number of rotatable bonds is 8. The third-order valence-electron chi connectivity index (χ3n) is 3.65. The second kappa shape index (κ2) is 8.06. The van der Waals surface area contributed by atoms with E-state index in [1.807, 2.05) is 7.11 Å². The minimum absolute atomic E-state index is 0.547. The van der Waals surface area contributed by atoms with Crippen LogP contribution in [0.4, 0.5) is 0 Å². The van der Waals surface area contributed by atoms with Gasteiger partial charge in [0.25, 0.3) is 0 Å². The van der Waals surface area contributed by atoms with Gasteiger partial charge in [-0.3, -0.25) is 4.90 Å². The zero-order valence-electron chi connectivity index (χ0n) is 12.0. The van der Waals surface area contributed by atoms with Gasteiger partial charge in [0, 0.05) is 25.7 Å². The maximum Gasteiger partial charge on any atom is 0.0630 e. The average Bonchev–Trinajstić information content (AvgIpc) is 2.75. The molecule has 1 N–H and O–H groups in total. The molecule has 0 amide bonds. The van der Waals surface area contributed by atoms with Gasteiger partial charge in [-0.15, -0.1) is 0 Å². The Bertz CT molecular complexity index is 197. The van der Waals surface area contributed by atoms with Gasteiger partial charge < -0.3 is 10.1 Å². The first kappa shape index (κ1) is 14.9. The lowest BCUT2D eigenvalue weighted by atomic mass is 10.1. The van der Waals surface area contributed by atoms with Crippen LogP contribution in [-0.4, -0.2) is 50.3 Å². The second-order valence-corrected chi connectivity index (χ2v) is 5.60. The predicted molar refractivity (Wildman–Crippen MR) is 73.4 cm³/mol. The number of hydrogen-bond acceptors (Lipinski definition) is 3. The largest absolute Gasteiger partial charge is 0.383 e. The molecule has 3 heteroatoms. The highest BCUT2D eigenvalue weighted by molar-refractivity contribution is 4.85. The van der Waals surface area contributed by atoms with Gasteiger partial charge in [-0.1, -0.05) is 20.8 Å². The quantitative estimate of drug-likeness (QED) is 0.705. The smallest absolute Gasteiger partial charge is 0.0630 e. The van der Waals surface area contributed by atoms with Crippen LogP contribution in [0.25, 0.3) is 0 Å². The molecular weight excluding hydrogens is 212 g/mol. The fraction of sp³-hybridized carbons (Fsp3) is 1.00. The van der Waals surface area contributed by atoms with Crippen LogP contribution in [0.3, 0.4) is 0 Å². The number of hydrogen-bond donors (Lipinski definition) is 1. The third-order valence-corrected chi connectivity index (χ3v) is 3.65. The molecule has 0 aromatic heterocycles. The predicted octanol–water partition coefficient (Wildman–Crippen LogP) is 2.12. The summed E-state index contributed by atoms with van der Waals surface area (Å²) >= 11 is 0. The van der Waals surface area contributed by atoms with Crippen LogP contribution in [-0.2, 0) is 4.74 Å². The first-order chi connectivity index (χ1) is 8.19. The molecule has 0 bridgehead atoms. The summed E-state index contributed by atoms with van der Waals surface area (Å²) in [7, 11) is 1.81. The summed E-state index contributed by atoms with van der Waals surface area (Å²) < 4.78 is 5.39. The Morgan fingerprint density at radius 2 is 2.12 bits per heavy atom. The summed E-state index contributed by atoms with van der Waals surface area (Å²) in [4.78, 5) is 2.65. The Hall–Kier alpha value is -0.120. The average molecular weight is 242 g/mol. The number of nitrogens with one attached hydrogen (secondary N) is 1. The SMILES string of the molecule is CCC1CCCN1C(CNCC(C)C)COC. The second-order valence-electron chi connectivity index (χ2n) is 5.60. The molecule has 1 aliphatic rings. The lowest BCUT2D eigenvalue weighted by molar-refractivity contribution is 0.0796. The standard InChI is InChI=1S/C14H30N2O/c1-5-13-7-6-8-16(13)14(11-17-4)10-15-9-12(2)3/h12-15H,5-11H2,1-4H3. The van der Waals surface area contributed by atoms with E-state index >= 15 is 0 Å². The fourth-order valence-electron chi connectivity index (χ4n) is 2.78. The van der Waals surface area contributed by atoms with E-state index in [2.05, 4.69) is 31.0 Å². The van der Waals surface area contributed by atoms with E-state index in [4.69, 9.17) is 4.74 Å². The number of methoxy groups -OCH3 is 1. The molecule has 1 saturated heterocycles. The molecule has 0 radical (unpaired) electrons. The zero-order chi connectivity index (χ0) is 12.7. The lowest BCUT2D eigenvalue weighted by Gasteiger charge is -2.32. The van der Waals surface area contributed by atoms with Gasteiger partial charge in [0.2, 0.25) is 0 Å². The maximum atomic E-state index is 5.39. The van der Waals surface area contributed by atoms with E-state index in [9.17, 15) is 0 Å². The van der Waals surface area contributed by atoms with Crippen LogP contribution in [0.15, 0.2) is 0 Å². The van der Waals surface area contributed by atoms with Gasteiger partial charge in [-0.05, 0) is 38.3 Å². The lowest BCUT2D eigenvalue weighted by Crippen LogP contribution is -2.47. The highest BCUT2D eigenvalue weighted by Gasteiger charge is 2.29. The normalized spacial score (nSPS) is 23.5. The van der Waals surface area contributed by atoms with Gasteiger partial charge in [0.15, 0.2) is 0 Å². The number of likely N-dealkylation sites (tertiary alicyclic amines) is 1. The van der Waals surface area contributed by atoms with Crippen molar-refractivity contribution in [1.82, 2.24) is 10.2 Å². The zero-order valence-corrected chi connectivity index (χ0v) is 12.0. The summed E-state index contributed by atoms with van der Waals surface area (Å²) in [5.74, 6) is 0.721. The molecule has 102 valence electrons. The molecule has 0 aromatic rings. The van der Waals surface area contributed by atoms with E-state index in [1.165, 1.54) is 25.8 Å². The van der Waals surface area contributed by atoms with Crippen LogP contribution >= 0.6 is 0 Å². The molecule has 0 spiro atoms. The molecule has 0 saturated carbocycles. The Morgan fingerprint density at radius 1 is 1.35 bits per heavy atom. The van der Waals surface area contributed by atoms with E-state index in [0.29, 0.717) is 6.04 Å². The fourth-order valence-corrected chi connectivity index (χ4v) is 2.78.